The Morgan fingerprint density at radius 2 is 1.74 bits per heavy atom. The maximum Gasteiger partial charge on any atom is 0.416 e. The van der Waals surface area contributed by atoms with Crippen molar-refractivity contribution in [2.45, 2.75) is 19.3 Å². The van der Waals surface area contributed by atoms with E-state index < -0.39 is 11.7 Å². The monoisotopic (exact) mass is 546 g/mol. The zero-order valence-corrected chi connectivity index (χ0v) is 19.4. The lowest BCUT2D eigenvalue weighted by Crippen LogP contribution is -3.00. The molecule has 168 valence electrons. The van der Waals surface area contributed by atoms with Crippen LogP contribution in [0.3, 0.4) is 0 Å². The van der Waals surface area contributed by atoms with E-state index in [0.29, 0.717) is 12.1 Å². The molecule has 1 N–H and O–H groups in total. The van der Waals surface area contributed by atoms with Gasteiger partial charge in [-0.05, 0) is 29.3 Å². The Labute approximate surface area is 197 Å². The van der Waals surface area contributed by atoms with Crippen molar-refractivity contribution in [1.82, 2.24) is 5.32 Å². The highest BCUT2D eigenvalue weighted by Gasteiger charge is 2.30. The molecule has 1 aliphatic rings. The van der Waals surface area contributed by atoms with Crippen LogP contribution in [-0.4, -0.2) is 43.7 Å². The van der Waals surface area contributed by atoms with E-state index in [1.54, 1.807) is 0 Å². The highest BCUT2D eigenvalue weighted by atomic mass is 127. The molecule has 0 atom stereocenters. The molecule has 1 saturated heterocycles. The number of hydrogen-bond donors (Lipinski definition) is 1. The van der Waals surface area contributed by atoms with Crippen LogP contribution < -0.4 is 29.3 Å². The van der Waals surface area contributed by atoms with Crippen molar-refractivity contribution in [3.8, 4) is 0 Å². The number of rotatable bonds is 6. The van der Waals surface area contributed by atoms with Crippen molar-refractivity contribution < 1.29 is 51.2 Å². The van der Waals surface area contributed by atoms with E-state index in [1.807, 2.05) is 12.1 Å². The Kier molecular flexibility index (Phi) is 9.08. The molecule has 0 spiro atoms. The molecule has 1 aliphatic heterocycles. The number of likely N-dealkylation sites (N-methyl/N-ethyl adjacent to an activating group) is 1. The first-order valence-electron chi connectivity index (χ1n) is 9.86. The minimum Gasteiger partial charge on any atom is -1.00 e. The third-order valence-electron chi connectivity index (χ3n) is 5.25. The average Bonchev–Trinajstić information content (AvgIpc) is 2.71. The van der Waals surface area contributed by atoms with Gasteiger partial charge in [-0.3, -0.25) is 4.79 Å². The molecule has 0 radical (unpaired) electrons. The third kappa shape index (κ3) is 7.93. The normalized spacial score (nSPS) is 16.0. The van der Waals surface area contributed by atoms with Gasteiger partial charge in [0, 0.05) is 18.2 Å². The Morgan fingerprint density at radius 3 is 2.39 bits per heavy atom. The summed E-state index contributed by atoms with van der Waals surface area (Å²) in [6.07, 6.45) is -1.78. The van der Waals surface area contributed by atoms with E-state index in [9.17, 15) is 18.0 Å². The van der Waals surface area contributed by atoms with Gasteiger partial charge < -0.3 is 38.5 Å². The summed E-state index contributed by atoms with van der Waals surface area (Å²) in [5.74, 6) is -0.358. The number of morpholine rings is 1. The van der Waals surface area contributed by atoms with Crippen molar-refractivity contribution in [1.29, 1.82) is 0 Å². The fourth-order valence-corrected chi connectivity index (χ4v) is 3.38. The molecule has 1 heterocycles. The van der Waals surface area contributed by atoms with Crippen molar-refractivity contribution in [2.24, 2.45) is 0 Å². The van der Waals surface area contributed by atoms with E-state index in [-0.39, 0.29) is 29.9 Å². The first-order valence-corrected chi connectivity index (χ1v) is 9.86. The van der Waals surface area contributed by atoms with Gasteiger partial charge in [0.15, 0.2) is 0 Å². The zero-order chi connectivity index (χ0) is 21.6. The number of halogens is 4. The highest BCUT2D eigenvalue weighted by Crippen LogP contribution is 2.29. The molecule has 3 rings (SSSR count). The second-order valence-electron chi connectivity index (χ2n) is 7.83. The molecular formula is C23H26F3IN2O2. The lowest BCUT2D eigenvalue weighted by molar-refractivity contribution is -0.929. The maximum absolute atomic E-state index is 12.7. The number of nitrogens with one attached hydrogen (secondary N) is 1. The molecule has 0 aromatic heterocycles. The minimum atomic E-state index is -4.40. The predicted molar refractivity (Wildman–Crippen MR) is 109 cm³/mol. The second-order valence-corrected chi connectivity index (χ2v) is 7.83. The lowest BCUT2D eigenvalue weighted by Gasteiger charge is -2.37. The number of quaternary nitrogens is 1. The molecule has 0 saturated carbocycles. The largest absolute Gasteiger partial charge is 1.00 e. The van der Waals surface area contributed by atoms with Crippen LogP contribution in [0, 0.1) is 0 Å². The molecule has 1 amide bonds. The fraction of sp³-hybridized carbons (Fsp3) is 0.348. The summed E-state index contributed by atoms with van der Waals surface area (Å²) < 4.78 is 44.6. The second kappa shape index (κ2) is 11.1. The van der Waals surface area contributed by atoms with E-state index >= 15 is 0 Å². The van der Waals surface area contributed by atoms with Gasteiger partial charge in [0.2, 0.25) is 5.91 Å². The number of carbonyl (C=O) groups excluding carboxylic acids is 1. The van der Waals surface area contributed by atoms with E-state index in [1.165, 1.54) is 29.8 Å². The smallest absolute Gasteiger partial charge is 0.416 e. The topological polar surface area (TPSA) is 38.3 Å². The van der Waals surface area contributed by atoms with Crippen LogP contribution in [-0.2, 0) is 28.8 Å². The SMILES string of the molecule is C[N+]1(Cc2ccc(CNC(=O)/C=C/c3cccc(C(F)(F)F)c3)cc2)CCOCC1.[I-]. The molecule has 8 heteroatoms. The molecule has 0 aliphatic carbocycles. The van der Waals surface area contributed by atoms with Gasteiger partial charge in [-0.15, -0.1) is 0 Å². The number of nitrogens with zero attached hydrogens (tertiary/aromatic N) is 1. The summed E-state index contributed by atoms with van der Waals surface area (Å²) in [5, 5.41) is 2.75. The fourth-order valence-electron chi connectivity index (χ4n) is 3.38. The number of alkyl halides is 3. The number of hydrogen-bond acceptors (Lipinski definition) is 2. The Hall–Kier alpha value is -1.91. The summed E-state index contributed by atoms with van der Waals surface area (Å²) in [7, 11) is 2.23. The van der Waals surface area contributed by atoms with Gasteiger partial charge in [-0.25, -0.2) is 0 Å². The van der Waals surface area contributed by atoms with E-state index in [2.05, 4.69) is 24.5 Å². The summed E-state index contributed by atoms with van der Waals surface area (Å²) in [4.78, 5) is 12.0. The lowest BCUT2D eigenvalue weighted by atomic mass is 10.1. The van der Waals surface area contributed by atoms with Gasteiger partial charge in [-0.2, -0.15) is 13.2 Å². The standard InChI is InChI=1S/C23H25F3N2O2.HI/c1-28(11-13-30-14-12-28)17-20-7-5-19(6-8-20)16-27-22(29)10-9-18-3-2-4-21(15-18)23(24,25)26;/h2-10,15H,11-14,16-17H2,1H3;1H/b10-9+;. The van der Waals surface area contributed by atoms with E-state index in [4.69, 9.17) is 4.74 Å². The Bertz CT molecular complexity index is 892. The maximum atomic E-state index is 12.7. The number of benzene rings is 2. The first-order chi connectivity index (χ1) is 14.2. The van der Waals surface area contributed by atoms with Crippen LogP contribution in [0.25, 0.3) is 6.08 Å². The average molecular weight is 546 g/mol. The number of carbonyl (C=O) groups is 1. The van der Waals surface area contributed by atoms with Crippen molar-refractivity contribution in [2.75, 3.05) is 33.4 Å². The van der Waals surface area contributed by atoms with E-state index in [0.717, 1.165) is 55.0 Å². The summed E-state index contributed by atoms with van der Waals surface area (Å²) >= 11 is 0. The molecule has 2 aromatic rings. The van der Waals surface area contributed by atoms with Crippen LogP contribution in [0.5, 0.6) is 0 Å². The summed E-state index contributed by atoms with van der Waals surface area (Å²) in [6.45, 7) is 4.86. The van der Waals surface area contributed by atoms with Crippen LogP contribution in [0.4, 0.5) is 13.2 Å². The molecular weight excluding hydrogens is 520 g/mol. The number of ether oxygens (including phenoxy) is 1. The van der Waals surface area contributed by atoms with Crippen molar-refractivity contribution in [3.63, 3.8) is 0 Å². The van der Waals surface area contributed by atoms with Crippen LogP contribution in [0.15, 0.2) is 54.6 Å². The minimum absolute atomic E-state index is 0. The zero-order valence-electron chi connectivity index (χ0n) is 17.3. The highest BCUT2D eigenvalue weighted by molar-refractivity contribution is 5.91. The van der Waals surface area contributed by atoms with Gasteiger partial charge in [0.25, 0.3) is 0 Å². The quantitative estimate of drug-likeness (QED) is 0.334. The molecule has 1 fully saturated rings. The van der Waals surface area contributed by atoms with Crippen LogP contribution in [0.1, 0.15) is 22.3 Å². The van der Waals surface area contributed by atoms with Gasteiger partial charge in [0.05, 0.1) is 25.8 Å². The van der Waals surface area contributed by atoms with Gasteiger partial charge >= 0.3 is 6.18 Å². The third-order valence-corrected chi connectivity index (χ3v) is 5.25. The molecule has 0 bridgehead atoms. The molecule has 0 unspecified atom stereocenters. The Balaban J connectivity index is 0.00000341. The summed E-state index contributed by atoms with van der Waals surface area (Å²) in [6, 6.07) is 13.0. The first kappa shape index (κ1) is 25.4. The van der Waals surface area contributed by atoms with Gasteiger partial charge in [0.1, 0.15) is 19.6 Å². The Morgan fingerprint density at radius 1 is 1.10 bits per heavy atom. The molecule has 4 nitrogen and oxygen atoms in total. The van der Waals surface area contributed by atoms with Crippen molar-refractivity contribution in [3.05, 3.63) is 76.9 Å². The molecule has 31 heavy (non-hydrogen) atoms. The summed E-state index contributed by atoms with van der Waals surface area (Å²) in [5.41, 5.74) is 1.78. The number of amides is 1. The van der Waals surface area contributed by atoms with Crippen LogP contribution in [0.2, 0.25) is 0 Å². The predicted octanol–water partition coefficient (Wildman–Crippen LogP) is 1.02. The molecule has 2 aromatic carbocycles. The van der Waals surface area contributed by atoms with Crippen molar-refractivity contribution >= 4 is 12.0 Å². The van der Waals surface area contributed by atoms with Gasteiger partial charge in [-0.1, -0.05) is 36.4 Å². The van der Waals surface area contributed by atoms with Crippen LogP contribution >= 0.6 is 0 Å².